The van der Waals surface area contributed by atoms with Gasteiger partial charge in [-0.2, -0.15) is 0 Å². The maximum atomic E-state index is 12.2. The first kappa shape index (κ1) is 19.7. The van der Waals surface area contributed by atoms with Crippen molar-refractivity contribution >= 4 is 29.3 Å². The van der Waals surface area contributed by atoms with Crippen LogP contribution in [-0.4, -0.2) is 24.3 Å². The van der Waals surface area contributed by atoms with Crippen LogP contribution < -0.4 is 10.1 Å². The second kappa shape index (κ2) is 9.73. The molecule has 0 saturated heterocycles. The van der Waals surface area contributed by atoms with Crippen LogP contribution in [0.4, 0.5) is 0 Å². The largest absolute Gasteiger partial charge is 0.481 e. The van der Waals surface area contributed by atoms with Gasteiger partial charge in [-0.1, -0.05) is 43.6 Å². The molecule has 134 valence electrons. The number of halogens is 1. The summed E-state index contributed by atoms with van der Waals surface area (Å²) in [5.74, 6) is 1.82. The molecule has 0 aliphatic rings. The zero-order chi connectivity index (χ0) is 18.2. The molecule has 0 aliphatic carbocycles. The van der Waals surface area contributed by atoms with E-state index in [0.717, 1.165) is 27.0 Å². The number of amides is 1. The Kier molecular flexibility index (Phi) is 7.66. The number of carbonyl (C=O) groups excluding carboxylic acids is 1. The normalized spacial score (nSPS) is 12.0. The van der Waals surface area contributed by atoms with Crippen molar-refractivity contribution in [2.24, 2.45) is 0 Å². The second-order valence-electron chi connectivity index (χ2n) is 6.05. The number of carbonyl (C=O) groups is 1. The Morgan fingerprint density at radius 2 is 1.80 bits per heavy atom. The summed E-state index contributed by atoms with van der Waals surface area (Å²) in [6.45, 7) is 6.59. The molecule has 0 aromatic heterocycles. The standard InChI is InChI=1S/C20H24ClNO2S/c1-14(2)18-6-4-5-7-19(18)24-15(3)20(23)22-12-13-25-17-10-8-16(21)9-11-17/h4-11,14-15H,12-13H2,1-3H3,(H,22,23)/t15-/m1/s1. The number of hydrogen-bond acceptors (Lipinski definition) is 3. The van der Waals surface area contributed by atoms with Crippen LogP contribution in [-0.2, 0) is 4.79 Å². The summed E-state index contributed by atoms with van der Waals surface area (Å²) in [5.41, 5.74) is 1.11. The zero-order valence-electron chi connectivity index (χ0n) is 14.8. The highest BCUT2D eigenvalue weighted by Gasteiger charge is 2.16. The molecule has 0 bridgehead atoms. The minimum Gasteiger partial charge on any atom is -0.481 e. The Bertz CT molecular complexity index is 688. The van der Waals surface area contributed by atoms with Gasteiger partial charge in [0.05, 0.1) is 0 Å². The van der Waals surface area contributed by atoms with Gasteiger partial charge in [-0.15, -0.1) is 11.8 Å². The minimum atomic E-state index is -0.527. The van der Waals surface area contributed by atoms with E-state index in [4.69, 9.17) is 16.3 Å². The lowest BCUT2D eigenvalue weighted by Gasteiger charge is -2.18. The monoisotopic (exact) mass is 377 g/mol. The van der Waals surface area contributed by atoms with E-state index in [9.17, 15) is 4.79 Å². The molecule has 1 N–H and O–H groups in total. The van der Waals surface area contributed by atoms with Crippen LogP contribution in [0.5, 0.6) is 5.75 Å². The molecule has 0 aliphatic heterocycles. The fourth-order valence-corrected chi connectivity index (χ4v) is 3.22. The van der Waals surface area contributed by atoms with E-state index < -0.39 is 6.10 Å². The van der Waals surface area contributed by atoms with Crippen LogP contribution in [0.3, 0.4) is 0 Å². The van der Waals surface area contributed by atoms with Gasteiger partial charge in [0.2, 0.25) is 0 Å². The van der Waals surface area contributed by atoms with Crippen LogP contribution >= 0.6 is 23.4 Å². The lowest BCUT2D eigenvalue weighted by Crippen LogP contribution is -2.37. The van der Waals surface area contributed by atoms with Crippen LogP contribution in [0, 0.1) is 0 Å². The Morgan fingerprint density at radius 3 is 2.48 bits per heavy atom. The van der Waals surface area contributed by atoms with Gasteiger partial charge in [0, 0.05) is 22.2 Å². The lowest BCUT2D eigenvalue weighted by atomic mass is 10.0. The maximum absolute atomic E-state index is 12.2. The number of rotatable bonds is 8. The van der Waals surface area contributed by atoms with Crippen molar-refractivity contribution in [1.29, 1.82) is 0 Å². The topological polar surface area (TPSA) is 38.3 Å². The molecular weight excluding hydrogens is 354 g/mol. The van der Waals surface area contributed by atoms with E-state index >= 15 is 0 Å². The molecular formula is C20H24ClNO2S. The van der Waals surface area contributed by atoms with E-state index in [1.807, 2.05) is 48.5 Å². The third kappa shape index (κ3) is 6.29. The first-order valence-corrected chi connectivity index (χ1v) is 9.75. The van der Waals surface area contributed by atoms with Gasteiger partial charge in [0.1, 0.15) is 5.75 Å². The molecule has 2 aromatic carbocycles. The molecule has 2 rings (SSSR count). The average molecular weight is 378 g/mol. The van der Waals surface area contributed by atoms with Gasteiger partial charge < -0.3 is 10.1 Å². The van der Waals surface area contributed by atoms with E-state index in [-0.39, 0.29) is 5.91 Å². The summed E-state index contributed by atoms with van der Waals surface area (Å²) in [6, 6.07) is 15.5. The fraction of sp³-hybridized carbons (Fsp3) is 0.350. The Labute approximate surface area is 159 Å². The van der Waals surface area contributed by atoms with Gasteiger partial charge in [0.15, 0.2) is 6.10 Å². The van der Waals surface area contributed by atoms with E-state index in [0.29, 0.717) is 12.5 Å². The molecule has 5 heteroatoms. The SMILES string of the molecule is CC(C)c1ccccc1O[C@H](C)C(=O)NCCSc1ccc(Cl)cc1. The summed E-state index contributed by atoms with van der Waals surface area (Å²) < 4.78 is 5.86. The van der Waals surface area contributed by atoms with Crippen molar-refractivity contribution < 1.29 is 9.53 Å². The van der Waals surface area contributed by atoms with Crippen LogP contribution in [0.1, 0.15) is 32.3 Å². The Balaban J connectivity index is 1.78. The van der Waals surface area contributed by atoms with E-state index in [1.165, 1.54) is 0 Å². The summed E-state index contributed by atoms with van der Waals surface area (Å²) in [4.78, 5) is 13.4. The number of benzene rings is 2. The third-order valence-electron chi connectivity index (χ3n) is 3.70. The quantitative estimate of drug-likeness (QED) is 0.511. The highest BCUT2D eigenvalue weighted by molar-refractivity contribution is 7.99. The van der Waals surface area contributed by atoms with Gasteiger partial charge in [-0.25, -0.2) is 0 Å². The van der Waals surface area contributed by atoms with Crippen molar-refractivity contribution in [1.82, 2.24) is 5.32 Å². The fourth-order valence-electron chi connectivity index (χ4n) is 2.33. The minimum absolute atomic E-state index is 0.102. The van der Waals surface area contributed by atoms with Crippen LogP contribution in [0.25, 0.3) is 0 Å². The maximum Gasteiger partial charge on any atom is 0.260 e. The van der Waals surface area contributed by atoms with E-state index in [2.05, 4.69) is 19.2 Å². The molecule has 1 amide bonds. The summed E-state index contributed by atoms with van der Waals surface area (Å²) in [5, 5.41) is 3.65. The third-order valence-corrected chi connectivity index (χ3v) is 4.96. The van der Waals surface area contributed by atoms with Gasteiger partial charge in [-0.3, -0.25) is 4.79 Å². The molecule has 0 saturated carbocycles. The van der Waals surface area contributed by atoms with Crippen molar-refractivity contribution in [2.75, 3.05) is 12.3 Å². The summed E-state index contributed by atoms with van der Waals surface area (Å²) in [7, 11) is 0. The number of thioether (sulfide) groups is 1. The van der Waals surface area contributed by atoms with Gasteiger partial charge in [-0.05, 0) is 48.7 Å². The molecule has 0 spiro atoms. The highest BCUT2D eigenvalue weighted by atomic mass is 35.5. The molecule has 0 fully saturated rings. The van der Waals surface area contributed by atoms with E-state index in [1.54, 1.807) is 18.7 Å². The first-order chi connectivity index (χ1) is 12.0. The van der Waals surface area contributed by atoms with Crippen molar-refractivity contribution in [2.45, 2.75) is 37.7 Å². The Morgan fingerprint density at radius 1 is 1.12 bits per heavy atom. The number of ether oxygens (including phenoxy) is 1. The second-order valence-corrected chi connectivity index (χ2v) is 7.65. The zero-order valence-corrected chi connectivity index (χ0v) is 16.4. The molecule has 1 atom stereocenters. The summed E-state index contributed by atoms with van der Waals surface area (Å²) >= 11 is 7.55. The smallest absolute Gasteiger partial charge is 0.260 e. The number of nitrogens with one attached hydrogen (secondary N) is 1. The predicted octanol–water partition coefficient (Wildman–Crippen LogP) is 5.14. The molecule has 0 unspecified atom stereocenters. The van der Waals surface area contributed by atoms with Crippen LogP contribution in [0.15, 0.2) is 53.4 Å². The van der Waals surface area contributed by atoms with Crippen molar-refractivity contribution in [3.05, 3.63) is 59.1 Å². The number of para-hydroxylation sites is 1. The predicted molar refractivity (Wildman–Crippen MR) is 106 cm³/mol. The molecule has 25 heavy (non-hydrogen) atoms. The van der Waals surface area contributed by atoms with Crippen LogP contribution in [0.2, 0.25) is 5.02 Å². The summed E-state index contributed by atoms with van der Waals surface area (Å²) in [6.07, 6.45) is -0.527. The molecule has 0 heterocycles. The van der Waals surface area contributed by atoms with Gasteiger partial charge in [0.25, 0.3) is 5.91 Å². The number of hydrogen-bond donors (Lipinski definition) is 1. The highest BCUT2D eigenvalue weighted by Crippen LogP contribution is 2.26. The van der Waals surface area contributed by atoms with Gasteiger partial charge >= 0.3 is 0 Å². The molecule has 2 aromatic rings. The van der Waals surface area contributed by atoms with Crippen molar-refractivity contribution in [3.8, 4) is 5.75 Å². The lowest BCUT2D eigenvalue weighted by molar-refractivity contribution is -0.127. The first-order valence-electron chi connectivity index (χ1n) is 8.39. The average Bonchev–Trinajstić information content (AvgIpc) is 2.60. The van der Waals surface area contributed by atoms with Crippen molar-refractivity contribution in [3.63, 3.8) is 0 Å². The Hall–Kier alpha value is -1.65. The molecule has 0 radical (unpaired) electrons. The molecule has 3 nitrogen and oxygen atoms in total.